The van der Waals surface area contributed by atoms with Crippen molar-refractivity contribution in [3.05, 3.63) is 29.3 Å². The molecule has 128 valence electrons. The smallest absolute Gasteiger partial charge is 0.243 e. The Labute approximate surface area is 142 Å². The molecule has 0 spiro atoms. The fourth-order valence-electron chi connectivity index (χ4n) is 3.83. The predicted molar refractivity (Wildman–Crippen MR) is 91.3 cm³/mol. The number of nitrogens with zero attached hydrogens (tertiary/aromatic N) is 1. The number of hydrogen-bond donors (Lipinski definition) is 3. The third-order valence-electron chi connectivity index (χ3n) is 5.39. The van der Waals surface area contributed by atoms with Crippen LogP contribution >= 0.6 is 0 Å². The summed E-state index contributed by atoms with van der Waals surface area (Å²) in [7, 11) is 0. The van der Waals surface area contributed by atoms with Crippen molar-refractivity contribution >= 4 is 17.5 Å². The molecule has 3 N–H and O–H groups in total. The predicted octanol–water partition coefficient (Wildman–Crippen LogP) is 0.829. The van der Waals surface area contributed by atoms with Gasteiger partial charge in [0.05, 0.1) is 6.04 Å². The van der Waals surface area contributed by atoms with Crippen LogP contribution in [0.3, 0.4) is 0 Å². The zero-order valence-electron chi connectivity index (χ0n) is 13.8. The SMILES string of the molecule is O=C1CCC(N2Cc3cccc(NCCC4CNC4)c3C2)C(=O)N1. The Morgan fingerprint density at radius 1 is 1.21 bits per heavy atom. The van der Waals surface area contributed by atoms with E-state index in [-0.39, 0.29) is 17.9 Å². The average Bonchev–Trinajstić information content (AvgIpc) is 2.94. The fourth-order valence-corrected chi connectivity index (χ4v) is 3.83. The Morgan fingerprint density at radius 3 is 2.83 bits per heavy atom. The molecule has 0 aliphatic carbocycles. The molecule has 24 heavy (non-hydrogen) atoms. The van der Waals surface area contributed by atoms with E-state index in [9.17, 15) is 9.59 Å². The molecule has 3 aliphatic heterocycles. The molecule has 1 aromatic carbocycles. The third-order valence-corrected chi connectivity index (χ3v) is 5.39. The molecule has 0 radical (unpaired) electrons. The summed E-state index contributed by atoms with van der Waals surface area (Å²) in [5.74, 6) is 0.501. The van der Waals surface area contributed by atoms with E-state index in [4.69, 9.17) is 0 Å². The number of imide groups is 1. The van der Waals surface area contributed by atoms with Crippen LogP contribution in [0.15, 0.2) is 18.2 Å². The molecule has 2 amide bonds. The lowest BCUT2D eigenvalue weighted by molar-refractivity contribution is -0.137. The van der Waals surface area contributed by atoms with Gasteiger partial charge in [0.15, 0.2) is 0 Å². The Bertz CT molecular complexity index is 656. The molecule has 0 bridgehead atoms. The van der Waals surface area contributed by atoms with Crippen molar-refractivity contribution in [3.8, 4) is 0 Å². The van der Waals surface area contributed by atoms with Gasteiger partial charge in [-0.25, -0.2) is 0 Å². The lowest BCUT2D eigenvalue weighted by Crippen LogP contribution is -2.50. The normalized spacial score (nSPS) is 24.4. The van der Waals surface area contributed by atoms with Crippen molar-refractivity contribution in [2.75, 3.05) is 25.0 Å². The second-order valence-corrected chi connectivity index (χ2v) is 7.05. The molecular weight excluding hydrogens is 304 g/mol. The van der Waals surface area contributed by atoms with Crippen LogP contribution in [0, 0.1) is 5.92 Å². The summed E-state index contributed by atoms with van der Waals surface area (Å²) in [6.45, 7) is 4.82. The van der Waals surface area contributed by atoms with Gasteiger partial charge in [0.2, 0.25) is 11.8 Å². The molecule has 3 heterocycles. The second-order valence-electron chi connectivity index (χ2n) is 7.05. The number of piperidine rings is 1. The van der Waals surface area contributed by atoms with Gasteiger partial charge in [0, 0.05) is 31.7 Å². The van der Waals surface area contributed by atoms with E-state index >= 15 is 0 Å². The van der Waals surface area contributed by atoms with Crippen molar-refractivity contribution in [1.82, 2.24) is 15.5 Å². The van der Waals surface area contributed by atoms with Crippen LogP contribution in [-0.2, 0) is 22.7 Å². The minimum Gasteiger partial charge on any atom is -0.385 e. The third kappa shape index (κ3) is 3.03. The van der Waals surface area contributed by atoms with E-state index in [2.05, 4.69) is 39.0 Å². The number of hydrogen-bond acceptors (Lipinski definition) is 5. The maximum absolute atomic E-state index is 12.1. The van der Waals surface area contributed by atoms with Crippen molar-refractivity contribution in [1.29, 1.82) is 0 Å². The van der Waals surface area contributed by atoms with Crippen LogP contribution in [0.25, 0.3) is 0 Å². The first kappa shape index (κ1) is 15.6. The second kappa shape index (κ2) is 6.53. The standard InChI is InChI=1S/C18H24N4O2/c23-17-5-4-16(18(24)21-17)22-10-13-2-1-3-15(14(13)11-22)20-7-6-12-8-19-9-12/h1-3,12,16,19-20H,4-11H2,(H,21,23,24). The van der Waals surface area contributed by atoms with Gasteiger partial charge in [0.1, 0.15) is 0 Å². The van der Waals surface area contributed by atoms with Crippen molar-refractivity contribution in [2.24, 2.45) is 5.92 Å². The number of carbonyl (C=O) groups excluding carboxylic acids is 2. The quantitative estimate of drug-likeness (QED) is 0.698. The van der Waals surface area contributed by atoms with E-state index in [0.29, 0.717) is 12.8 Å². The first-order valence-electron chi connectivity index (χ1n) is 8.84. The molecule has 1 atom stereocenters. The first-order chi connectivity index (χ1) is 11.7. The van der Waals surface area contributed by atoms with Crippen molar-refractivity contribution < 1.29 is 9.59 Å². The number of benzene rings is 1. The molecule has 6 heteroatoms. The monoisotopic (exact) mass is 328 g/mol. The van der Waals surface area contributed by atoms with Crippen LogP contribution in [-0.4, -0.2) is 42.4 Å². The van der Waals surface area contributed by atoms with Crippen LogP contribution in [0.2, 0.25) is 0 Å². The van der Waals surface area contributed by atoms with E-state index < -0.39 is 0 Å². The van der Waals surface area contributed by atoms with Crippen LogP contribution in [0.1, 0.15) is 30.4 Å². The Balaban J connectivity index is 1.40. The summed E-state index contributed by atoms with van der Waals surface area (Å²) >= 11 is 0. The lowest BCUT2D eigenvalue weighted by Gasteiger charge is -2.29. The number of nitrogens with one attached hydrogen (secondary N) is 3. The minimum atomic E-state index is -0.191. The van der Waals surface area contributed by atoms with Gasteiger partial charge in [-0.1, -0.05) is 12.1 Å². The highest BCUT2D eigenvalue weighted by atomic mass is 16.2. The van der Waals surface area contributed by atoms with Crippen LogP contribution in [0.5, 0.6) is 0 Å². The van der Waals surface area contributed by atoms with Crippen LogP contribution < -0.4 is 16.0 Å². The van der Waals surface area contributed by atoms with Gasteiger partial charge in [-0.3, -0.25) is 19.8 Å². The Hall–Kier alpha value is -1.92. The number of carbonyl (C=O) groups is 2. The van der Waals surface area contributed by atoms with Crippen molar-refractivity contribution in [3.63, 3.8) is 0 Å². The number of anilines is 1. The maximum atomic E-state index is 12.1. The fraction of sp³-hybridized carbons (Fsp3) is 0.556. The average molecular weight is 328 g/mol. The number of fused-ring (bicyclic) bond motifs is 1. The van der Waals surface area contributed by atoms with Gasteiger partial charge >= 0.3 is 0 Å². The first-order valence-corrected chi connectivity index (χ1v) is 8.84. The van der Waals surface area contributed by atoms with E-state index in [1.165, 1.54) is 23.2 Å². The largest absolute Gasteiger partial charge is 0.385 e. The molecule has 0 saturated carbocycles. The van der Waals surface area contributed by atoms with E-state index in [1.54, 1.807) is 0 Å². The molecule has 4 rings (SSSR count). The van der Waals surface area contributed by atoms with E-state index in [0.717, 1.165) is 38.6 Å². The molecule has 3 aliphatic rings. The summed E-state index contributed by atoms with van der Waals surface area (Å²) in [5, 5.41) is 9.35. The minimum absolute atomic E-state index is 0.147. The zero-order valence-corrected chi connectivity index (χ0v) is 13.8. The van der Waals surface area contributed by atoms with Gasteiger partial charge in [-0.05, 0) is 49.0 Å². The Kier molecular flexibility index (Phi) is 4.24. The summed E-state index contributed by atoms with van der Waals surface area (Å²) in [5.41, 5.74) is 3.78. The molecule has 6 nitrogen and oxygen atoms in total. The van der Waals surface area contributed by atoms with Gasteiger partial charge in [0.25, 0.3) is 0 Å². The highest BCUT2D eigenvalue weighted by molar-refractivity contribution is 6.00. The van der Waals surface area contributed by atoms with E-state index in [1.807, 2.05) is 0 Å². The molecule has 1 aromatic rings. The number of rotatable bonds is 5. The number of amides is 2. The van der Waals surface area contributed by atoms with Gasteiger partial charge in [-0.2, -0.15) is 0 Å². The molecule has 2 saturated heterocycles. The lowest BCUT2D eigenvalue weighted by atomic mass is 9.99. The van der Waals surface area contributed by atoms with Crippen LogP contribution in [0.4, 0.5) is 5.69 Å². The summed E-state index contributed by atoms with van der Waals surface area (Å²) in [4.78, 5) is 25.7. The zero-order chi connectivity index (χ0) is 16.5. The topological polar surface area (TPSA) is 73.5 Å². The molecular formula is C18H24N4O2. The molecule has 2 fully saturated rings. The summed E-state index contributed by atoms with van der Waals surface area (Å²) < 4.78 is 0. The molecule has 0 aromatic heterocycles. The van der Waals surface area contributed by atoms with Crippen molar-refractivity contribution in [2.45, 2.75) is 38.4 Å². The van der Waals surface area contributed by atoms with Gasteiger partial charge < -0.3 is 10.6 Å². The molecule has 1 unspecified atom stereocenters. The van der Waals surface area contributed by atoms with Gasteiger partial charge in [-0.15, -0.1) is 0 Å². The Morgan fingerprint density at radius 2 is 2.08 bits per heavy atom. The highest BCUT2D eigenvalue weighted by Gasteiger charge is 2.35. The highest BCUT2D eigenvalue weighted by Crippen LogP contribution is 2.32. The summed E-state index contributed by atoms with van der Waals surface area (Å²) in [6, 6.07) is 6.16. The summed E-state index contributed by atoms with van der Waals surface area (Å²) in [6.07, 6.45) is 2.24. The maximum Gasteiger partial charge on any atom is 0.243 e.